The van der Waals surface area contributed by atoms with Crippen LogP contribution in [0.15, 0.2) is 18.2 Å². The molecule has 1 aromatic carbocycles. The van der Waals surface area contributed by atoms with Gasteiger partial charge in [-0.15, -0.1) is 0 Å². The number of nitrogens with two attached hydrogens (primary N) is 1. The Morgan fingerprint density at radius 3 is 2.47 bits per heavy atom. The predicted molar refractivity (Wildman–Crippen MR) is 61.8 cm³/mol. The number of nitrogens with zero attached hydrogens (tertiary/aromatic N) is 1. The highest BCUT2D eigenvalue weighted by Gasteiger charge is 2.25. The normalized spacial score (nSPS) is 13.6. The molecule has 0 aliphatic heterocycles. The maximum absolute atomic E-state index is 12.7. The Balaban J connectivity index is 2.98. The van der Waals surface area contributed by atoms with E-state index in [0.29, 0.717) is 11.5 Å². The van der Waals surface area contributed by atoms with E-state index in [2.05, 4.69) is 0 Å². The van der Waals surface area contributed by atoms with E-state index in [9.17, 15) is 4.39 Å². The van der Waals surface area contributed by atoms with Gasteiger partial charge in [0.25, 0.3) is 0 Å². The number of rotatable bonds is 5. The summed E-state index contributed by atoms with van der Waals surface area (Å²) < 4.78 is 22.8. The molecular weight excluding hydrogens is 223 g/mol. The average molecular weight is 238 g/mol. The highest BCUT2D eigenvalue weighted by molar-refractivity contribution is 5.43. The van der Waals surface area contributed by atoms with Gasteiger partial charge in [0.1, 0.15) is 12.2 Å². The van der Waals surface area contributed by atoms with Crippen LogP contribution in [0.5, 0.6) is 11.5 Å². The molecule has 0 spiro atoms. The molecule has 0 saturated heterocycles. The predicted octanol–water partition coefficient (Wildman–Crippen LogP) is 1.44. The lowest BCUT2D eigenvalue weighted by atomic mass is 9.94. The molecule has 0 aromatic heterocycles. The Labute approximate surface area is 99.7 Å². The molecule has 2 N–H and O–H groups in total. The van der Waals surface area contributed by atoms with Gasteiger partial charge in [-0.1, -0.05) is 6.07 Å². The first-order valence-corrected chi connectivity index (χ1v) is 5.05. The molecule has 0 aliphatic carbocycles. The van der Waals surface area contributed by atoms with Crippen molar-refractivity contribution in [3.8, 4) is 17.6 Å². The van der Waals surface area contributed by atoms with Crippen LogP contribution in [0.2, 0.25) is 0 Å². The first-order chi connectivity index (χ1) is 8.08. The lowest BCUT2D eigenvalue weighted by molar-refractivity contribution is 0.351. The van der Waals surface area contributed by atoms with Crippen LogP contribution in [0.4, 0.5) is 4.39 Å². The zero-order valence-electron chi connectivity index (χ0n) is 9.87. The van der Waals surface area contributed by atoms with Crippen LogP contribution < -0.4 is 15.2 Å². The van der Waals surface area contributed by atoms with E-state index in [1.54, 1.807) is 24.3 Å². The number of halogens is 1. The number of hydrogen-bond donors (Lipinski definition) is 1. The highest BCUT2D eigenvalue weighted by Crippen LogP contribution is 2.28. The summed E-state index contributed by atoms with van der Waals surface area (Å²) in [4.78, 5) is 0. The van der Waals surface area contributed by atoms with Crippen molar-refractivity contribution in [2.45, 2.75) is 12.0 Å². The van der Waals surface area contributed by atoms with Crippen molar-refractivity contribution in [3.63, 3.8) is 0 Å². The fourth-order valence-corrected chi connectivity index (χ4v) is 1.47. The van der Waals surface area contributed by atoms with Gasteiger partial charge in [-0.2, -0.15) is 5.26 Å². The van der Waals surface area contributed by atoms with Crippen molar-refractivity contribution in [1.29, 1.82) is 5.26 Å². The number of benzene rings is 1. The largest absolute Gasteiger partial charge is 0.493 e. The molecular formula is C12H15FN2O2. The highest BCUT2D eigenvalue weighted by atomic mass is 19.1. The first kappa shape index (κ1) is 13.3. The van der Waals surface area contributed by atoms with Gasteiger partial charge in [0.2, 0.25) is 0 Å². The maximum Gasteiger partial charge on any atom is 0.160 e. The molecule has 92 valence electrons. The molecule has 0 aliphatic rings. The minimum absolute atomic E-state index is 0.125. The minimum Gasteiger partial charge on any atom is -0.493 e. The van der Waals surface area contributed by atoms with Gasteiger partial charge in [-0.25, -0.2) is 4.39 Å². The summed E-state index contributed by atoms with van der Waals surface area (Å²) in [5, 5.41) is 8.80. The molecule has 0 saturated carbocycles. The molecule has 17 heavy (non-hydrogen) atoms. The molecule has 0 radical (unpaired) electrons. The minimum atomic E-state index is -1.49. The van der Waals surface area contributed by atoms with Crippen molar-refractivity contribution in [3.05, 3.63) is 23.8 Å². The smallest absolute Gasteiger partial charge is 0.160 e. The second-order valence-corrected chi connectivity index (χ2v) is 3.77. The SMILES string of the molecule is COc1ccc(CC(N)(C#N)CF)cc1OC. The van der Waals surface area contributed by atoms with Crippen molar-refractivity contribution in [2.24, 2.45) is 5.73 Å². The van der Waals surface area contributed by atoms with Crippen LogP contribution >= 0.6 is 0 Å². The Bertz CT molecular complexity index is 431. The van der Waals surface area contributed by atoms with E-state index in [1.807, 2.05) is 0 Å². The molecule has 1 aromatic rings. The average Bonchev–Trinajstić information content (AvgIpc) is 2.38. The van der Waals surface area contributed by atoms with Crippen LogP contribution in [0.3, 0.4) is 0 Å². The van der Waals surface area contributed by atoms with Crippen molar-refractivity contribution >= 4 is 0 Å². The molecule has 0 fully saturated rings. The summed E-state index contributed by atoms with van der Waals surface area (Å²) in [5.41, 5.74) is 4.82. The second kappa shape index (κ2) is 5.51. The van der Waals surface area contributed by atoms with Crippen LogP contribution in [0.25, 0.3) is 0 Å². The van der Waals surface area contributed by atoms with Crippen LogP contribution in [-0.4, -0.2) is 26.4 Å². The third kappa shape index (κ3) is 3.08. The van der Waals surface area contributed by atoms with Crippen LogP contribution in [-0.2, 0) is 6.42 Å². The summed E-state index contributed by atoms with van der Waals surface area (Å²) >= 11 is 0. The molecule has 4 nitrogen and oxygen atoms in total. The van der Waals surface area contributed by atoms with E-state index in [0.717, 1.165) is 5.56 Å². The van der Waals surface area contributed by atoms with Gasteiger partial charge in [-0.3, -0.25) is 0 Å². The van der Waals surface area contributed by atoms with Crippen LogP contribution in [0, 0.1) is 11.3 Å². The summed E-state index contributed by atoms with van der Waals surface area (Å²) in [7, 11) is 3.04. The summed E-state index contributed by atoms with van der Waals surface area (Å²) in [6.07, 6.45) is 0.125. The van der Waals surface area contributed by atoms with Gasteiger partial charge in [-0.05, 0) is 17.7 Å². The fourth-order valence-electron chi connectivity index (χ4n) is 1.47. The number of nitriles is 1. The summed E-state index contributed by atoms with van der Waals surface area (Å²) in [6, 6.07) is 6.89. The third-order valence-corrected chi connectivity index (χ3v) is 2.43. The maximum atomic E-state index is 12.7. The van der Waals surface area contributed by atoms with Crippen molar-refractivity contribution in [2.75, 3.05) is 20.9 Å². The Morgan fingerprint density at radius 1 is 1.35 bits per heavy atom. The van der Waals surface area contributed by atoms with Crippen molar-refractivity contribution < 1.29 is 13.9 Å². The zero-order chi connectivity index (χ0) is 12.9. The lowest BCUT2D eigenvalue weighted by Crippen LogP contribution is -2.42. The molecule has 1 unspecified atom stereocenters. The van der Waals surface area contributed by atoms with Gasteiger partial charge in [0.15, 0.2) is 11.5 Å². The molecule has 1 rings (SSSR count). The Kier molecular flexibility index (Phi) is 4.30. The third-order valence-electron chi connectivity index (χ3n) is 2.43. The van der Waals surface area contributed by atoms with E-state index >= 15 is 0 Å². The molecule has 0 bridgehead atoms. The van der Waals surface area contributed by atoms with Gasteiger partial charge < -0.3 is 15.2 Å². The zero-order valence-corrected chi connectivity index (χ0v) is 9.87. The number of alkyl halides is 1. The van der Waals surface area contributed by atoms with Gasteiger partial charge in [0.05, 0.1) is 20.3 Å². The number of ether oxygens (including phenoxy) is 2. The van der Waals surface area contributed by atoms with E-state index in [1.165, 1.54) is 14.2 Å². The van der Waals surface area contributed by atoms with Gasteiger partial charge in [0, 0.05) is 6.42 Å². The first-order valence-electron chi connectivity index (χ1n) is 5.05. The number of methoxy groups -OCH3 is 2. The second-order valence-electron chi connectivity index (χ2n) is 3.77. The molecule has 0 heterocycles. The fraction of sp³-hybridized carbons (Fsp3) is 0.417. The molecule has 0 amide bonds. The van der Waals surface area contributed by atoms with Gasteiger partial charge >= 0.3 is 0 Å². The van der Waals surface area contributed by atoms with Crippen molar-refractivity contribution in [1.82, 2.24) is 0 Å². The van der Waals surface area contributed by atoms with E-state index in [4.69, 9.17) is 20.5 Å². The monoisotopic (exact) mass is 238 g/mol. The summed E-state index contributed by atoms with van der Waals surface area (Å²) in [5.74, 6) is 1.11. The standard InChI is InChI=1S/C12H15FN2O2/c1-16-10-4-3-9(5-11(10)17-2)6-12(15,7-13)8-14/h3-5H,6-7,15H2,1-2H3. The Morgan fingerprint density at radius 2 is 2.00 bits per heavy atom. The Hall–Kier alpha value is -1.80. The quantitative estimate of drug-likeness (QED) is 0.842. The summed E-state index contributed by atoms with van der Waals surface area (Å²) in [6.45, 7) is -0.891. The number of hydrogen-bond acceptors (Lipinski definition) is 4. The van der Waals surface area contributed by atoms with Crippen LogP contribution in [0.1, 0.15) is 5.56 Å². The van der Waals surface area contributed by atoms with E-state index in [-0.39, 0.29) is 6.42 Å². The lowest BCUT2D eigenvalue weighted by Gasteiger charge is -2.18. The molecule has 1 atom stereocenters. The molecule has 5 heteroatoms. The topological polar surface area (TPSA) is 68.3 Å². The van der Waals surface area contributed by atoms with E-state index < -0.39 is 12.2 Å².